The van der Waals surface area contributed by atoms with Gasteiger partial charge in [-0.1, -0.05) is 0 Å². The number of hydrogen-bond donors (Lipinski definition) is 10. The minimum atomic E-state index is -1.45. The van der Waals surface area contributed by atoms with Gasteiger partial charge in [0.25, 0.3) is 0 Å². The Morgan fingerprint density at radius 2 is 1.23 bits per heavy atom. The molecular weight excluding hydrogens is 420 g/mol. The summed E-state index contributed by atoms with van der Waals surface area (Å²) in [5, 5.41) is 60.3. The minimum Gasteiger partial charge on any atom is -0.394 e. The SMILES string of the molecule is NC[C@H]1O[C@@H](O[C@@H]2[C@@H](O)[C@H](O[C@H]3O[C@H](CO)[C@@H](O)[C@H](O)[C@H]3N)[C@@H](N)C[C@H]2N)[C@H](O)[C@@H]1O. The lowest BCUT2D eigenvalue weighted by molar-refractivity contribution is -0.301. The van der Waals surface area contributed by atoms with E-state index in [0.29, 0.717) is 0 Å². The summed E-state index contributed by atoms with van der Waals surface area (Å²) in [4.78, 5) is 0. The van der Waals surface area contributed by atoms with E-state index in [1.807, 2.05) is 0 Å². The van der Waals surface area contributed by atoms with E-state index in [4.69, 9.17) is 41.9 Å². The minimum absolute atomic E-state index is 0.0505. The molecule has 0 amide bonds. The van der Waals surface area contributed by atoms with Gasteiger partial charge in [0.2, 0.25) is 0 Å². The molecule has 2 aliphatic heterocycles. The third-order valence-corrected chi connectivity index (χ3v) is 6.12. The fourth-order valence-electron chi connectivity index (χ4n) is 4.20. The summed E-state index contributed by atoms with van der Waals surface area (Å²) in [6.45, 7) is -0.646. The Balaban J connectivity index is 1.70. The average molecular weight is 454 g/mol. The lowest BCUT2D eigenvalue weighted by Crippen LogP contribution is -2.67. The van der Waals surface area contributed by atoms with Crippen molar-refractivity contribution in [1.82, 2.24) is 0 Å². The average Bonchev–Trinajstić information content (AvgIpc) is 3.01. The van der Waals surface area contributed by atoms with Crippen molar-refractivity contribution >= 4 is 0 Å². The number of hydrogen-bond acceptors (Lipinski definition) is 14. The number of aliphatic hydroxyl groups excluding tert-OH is 6. The predicted octanol–water partition coefficient (Wildman–Crippen LogP) is -6.65. The van der Waals surface area contributed by atoms with Crippen LogP contribution in [0.1, 0.15) is 6.42 Å². The first-order chi connectivity index (χ1) is 14.6. The van der Waals surface area contributed by atoms with Crippen LogP contribution in [-0.4, -0.2) is 129 Å². The van der Waals surface area contributed by atoms with Crippen LogP contribution in [-0.2, 0) is 18.9 Å². The van der Waals surface area contributed by atoms with Gasteiger partial charge < -0.3 is 72.5 Å². The van der Waals surface area contributed by atoms with Crippen LogP contribution in [0.4, 0.5) is 0 Å². The molecule has 2 heterocycles. The van der Waals surface area contributed by atoms with Gasteiger partial charge >= 0.3 is 0 Å². The molecule has 14 N–H and O–H groups in total. The largest absolute Gasteiger partial charge is 0.394 e. The molecule has 1 aliphatic carbocycles. The van der Waals surface area contributed by atoms with Gasteiger partial charge in [-0.05, 0) is 6.42 Å². The Kier molecular flexibility index (Phi) is 8.21. The van der Waals surface area contributed by atoms with E-state index in [0.717, 1.165) is 0 Å². The fraction of sp³-hybridized carbons (Fsp3) is 1.00. The molecule has 0 aromatic heterocycles. The first-order valence-corrected chi connectivity index (χ1v) is 10.2. The smallest absolute Gasteiger partial charge is 0.187 e. The zero-order chi connectivity index (χ0) is 23.0. The molecule has 31 heavy (non-hydrogen) atoms. The first kappa shape index (κ1) is 25.1. The number of rotatable bonds is 6. The normalized spacial score (nSPS) is 53.6. The molecule has 0 aromatic carbocycles. The molecule has 0 aromatic rings. The number of ether oxygens (including phenoxy) is 4. The van der Waals surface area contributed by atoms with Gasteiger partial charge in [-0.15, -0.1) is 0 Å². The fourth-order valence-corrected chi connectivity index (χ4v) is 4.20. The van der Waals surface area contributed by atoms with E-state index >= 15 is 0 Å². The predicted molar refractivity (Wildman–Crippen MR) is 102 cm³/mol. The molecule has 14 heteroatoms. The van der Waals surface area contributed by atoms with Crippen LogP contribution in [0, 0.1) is 0 Å². The first-order valence-electron chi connectivity index (χ1n) is 10.2. The maximum Gasteiger partial charge on any atom is 0.187 e. The van der Waals surface area contributed by atoms with E-state index in [1.165, 1.54) is 0 Å². The van der Waals surface area contributed by atoms with Gasteiger partial charge in [-0.25, -0.2) is 0 Å². The summed E-state index contributed by atoms with van der Waals surface area (Å²) < 4.78 is 22.2. The van der Waals surface area contributed by atoms with Crippen LogP contribution in [0.5, 0.6) is 0 Å². The number of nitrogens with two attached hydrogens (primary N) is 4. The molecule has 0 unspecified atom stereocenters. The highest BCUT2D eigenvalue weighted by molar-refractivity contribution is 5.01. The standard InChI is InChI=1S/C17H34N4O10/c18-2-6-9(23)12(26)17(28-6)31-15-5(20)1-4(19)14(13(15)27)30-16-8(21)11(25)10(24)7(3-22)29-16/h4-17,22-27H,1-3,18-21H2/t4-,5+,6+,7+,8+,9+,10+,11+,12+,13-,14+,15-,16+,17-/m0/s1. The summed E-state index contributed by atoms with van der Waals surface area (Å²) in [6, 6.07) is -2.71. The Bertz CT molecular complexity index is 591. The van der Waals surface area contributed by atoms with Gasteiger partial charge in [0.15, 0.2) is 12.6 Å². The van der Waals surface area contributed by atoms with Crippen molar-refractivity contribution in [1.29, 1.82) is 0 Å². The lowest BCUT2D eigenvalue weighted by Gasteiger charge is -2.46. The van der Waals surface area contributed by atoms with Crippen LogP contribution in [0.3, 0.4) is 0 Å². The Hall–Kier alpha value is -0.560. The van der Waals surface area contributed by atoms with E-state index in [-0.39, 0.29) is 13.0 Å². The second-order valence-electron chi connectivity index (χ2n) is 8.30. The second-order valence-corrected chi connectivity index (χ2v) is 8.30. The zero-order valence-electron chi connectivity index (χ0n) is 16.8. The van der Waals surface area contributed by atoms with Crippen molar-refractivity contribution in [2.45, 2.75) is 92.1 Å². The third-order valence-electron chi connectivity index (χ3n) is 6.12. The molecule has 3 fully saturated rings. The summed E-state index contributed by atoms with van der Waals surface area (Å²) in [7, 11) is 0. The van der Waals surface area contributed by atoms with Crippen LogP contribution in [0.15, 0.2) is 0 Å². The highest BCUT2D eigenvalue weighted by Crippen LogP contribution is 2.31. The quantitative estimate of drug-likeness (QED) is 0.179. The maximum atomic E-state index is 10.9. The maximum absolute atomic E-state index is 10.9. The molecule has 1 saturated carbocycles. The zero-order valence-corrected chi connectivity index (χ0v) is 16.8. The van der Waals surface area contributed by atoms with E-state index in [2.05, 4.69) is 0 Å². The van der Waals surface area contributed by atoms with Gasteiger partial charge in [-0.3, -0.25) is 0 Å². The summed E-state index contributed by atoms with van der Waals surface area (Å²) in [5.41, 5.74) is 23.6. The summed E-state index contributed by atoms with van der Waals surface area (Å²) in [5.74, 6) is 0. The Morgan fingerprint density at radius 1 is 0.710 bits per heavy atom. The van der Waals surface area contributed by atoms with Crippen LogP contribution < -0.4 is 22.9 Å². The van der Waals surface area contributed by atoms with Crippen molar-refractivity contribution in [2.75, 3.05) is 13.2 Å². The van der Waals surface area contributed by atoms with Gasteiger partial charge in [0, 0.05) is 18.6 Å². The monoisotopic (exact) mass is 454 g/mol. The highest BCUT2D eigenvalue weighted by Gasteiger charge is 2.51. The molecule has 14 atom stereocenters. The van der Waals surface area contributed by atoms with Gasteiger partial charge in [0.1, 0.15) is 54.9 Å². The Morgan fingerprint density at radius 3 is 1.74 bits per heavy atom. The molecule has 182 valence electrons. The van der Waals surface area contributed by atoms with Gasteiger partial charge in [-0.2, -0.15) is 0 Å². The second kappa shape index (κ2) is 10.1. The molecule has 2 saturated heterocycles. The van der Waals surface area contributed by atoms with Crippen molar-refractivity contribution < 1.29 is 49.6 Å². The van der Waals surface area contributed by atoms with Crippen molar-refractivity contribution in [3.63, 3.8) is 0 Å². The molecule has 14 nitrogen and oxygen atoms in total. The van der Waals surface area contributed by atoms with Crippen LogP contribution in [0.2, 0.25) is 0 Å². The van der Waals surface area contributed by atoms with Crippen LogP contribution in [0.25, 0.3) is 0 Å². The molecular formula is C17H34N4O10. The molecule has 3 aliphatic rings. The summed E-state index contributed by atoms with van der Waals surface area (Å²) >= 11 is 0. The van der Waals surface area contributed by atoms with E-state index in [9.17, 15) is 30.6 Å². The summed E-state index contributed by atoms with van der Waals surface area (Å²) in [6.07, 6.45) is -13.6. The molecule has 0 radical (unpaired) electrons. The lowest BCUT2D eigenvalue weighted by atomic mass is 9.84. The number of aliphatic hydroxyl groups is 6. The molecule has 3 rings (SSSR count). The van der Waals surface area contributed by atoms with Crippen molar-refractivity contribution in [3.05, 3.63) is 0 Å². The third kappa shape index (κ3) is 4.87. The van der Waals surface area contributed by atoms with Crippen molar-refractivity contribution in [2.24, 2.45) is 22.9 Å². The Labute approximate surface area is 178 Å². The van der Waals surface area contributed by atoms with Crippen molar-refractivity contribution in [3.8, 4) is 0 Å². The van der Waals surface area contributed by atoms with E-state index in [1.54, 1.807) is 0 Å². The highest BCUT2D eigenvalue weighted by atomic mass is 16.7. The molecule has 0 bridgehead atoms. The topological polar surface area (TPSA) is 262 Å². The van der Waals surface area contributed by atoms with E-state index < -0.39 is 92.2 Å². The van der Waals surface area contributed by atoms with Gasteiger partial charge in [0.05, 0.1) is 12.6 Å². The van der Waals surface area contributed by atoms with Crippen LogP contribution >= 0.6 is 0 Å². The molecule has 0 spiro atoms.